The summed E-state index contributed by atoms with van der Waals surface area (Å²) < 4.78 is 23.4. The molecule has 0 N–H and O–H groups in total. The van der Waals surface area contributed by atoms with Crippen LogP contribution >= 0.6 is 0 Å². The van der Waals surface area contributed by atoms with Crippen LogP contribution in [0, 0.1) is 5.82 Å². The molecule has 6 nitrogen and oxygen atoms in total. The summed E-state index contributed by atoms with van der Waals surface area (Å²) in [4.78, 5) is 37.7. The highest BCUT2D eigenvalue weighted by Crippen LogP contribution is 2.22. The molecule has 1 aromatic carbocycles. The largest absolute Gasteiger partial charge is 0.456 e. The van der Waals surface area contributed by atoms with Crippen LogP contribution < -0.4 is 0 Å². The van der Waals surface area contributed by atoms with Crippen LogP contribution in [0.1, 0.15) is 44.0 Å². The van der Waals surface area contributed by atoms with Gasteiger partial charge >= 0.3 is 12.1 Å². The first-order valence-electron chi connectivity index (χ1n) is 8.12. The first kappa shape index (κ1) is 18.9. The molecule has 2 rings (SSSR count). The second kappa shape index (κ2) is 7.63. The van der Waals surface area contributed by atoms with Crippen molar-refractivity contribution in [2.24, 2.45) is 0 Å². The number of carbonyl (C=O) groups excluding carboxylic acids is 3. The number of esters is 1. The summed E-state index contributed by atoms with van der Waals surface area (Å²) in [7, 11) is 0. The molecule has 0 saturated carbocycles. The van der Waals surface area contributed by atoms with Crippen molar-refractivity contribution in [2.75, 3.05) is 13.2 Å². The number of hydrogen-bond donors (Lipinski definition) is 0. The smallest absolute Gasteiger partial charge is 0.411 e. The minimum atomic E-state index is -0.768. The quantitative estimate of drug-likeness (QED) is 0.616. The Bertz CT molecular complexity index is 668. The highest BCUT2D eigenvalue weighted by atomic mass is 19.1. The Labute approximate surface area is 145 Å². The van der Waals surface area contributed by atoms with Crippen molar-refractivity contribution >= 4 is 17.8 Å². The number of halogens is 1. The lowest BCUT2D eigenvalue weighted by Gasteiger charge is -2.27. The van der Waals surface area contributed by atoms with Gasteiger partial charge < -0.3 is 9.47 Å². The third kappa shape index (κ3) is 5.27. The lowest BCUT2D eigenvalue weighted by Crippen LogP contribution is -2.44. The number of amides is 1. The number of ketones is 1. The maximum atomic E-state index is 13.1. The Morgan fingerprint density at radius 3 is 2.64 bits per heavy atom. The lowest BCUT2D eigenvalue weighted by molar-refractivity contribution is -0.147. The van der Waals surface area contributed by atoms with Gasteiger partial charge in [0.25, 0.3) is 0 Å². The fourth-order valence-electron chi connectivity index (χ4n) is 2.53. The predicted octanol–water partition coefficient (Wildman–Crippen LogP) is 2.95. The molecule has 1 amide bonds. The first-order chi connectivity index (χ1) is 11.7. The average Bonchev–Trinajstić information content (AvgIpc) is 3.00. The summed E-state index contributed by atoms with van der Waals surface area (Å²) in [5.74, 6) is -1.70. The lowest BCUT2D eigenvalue weighted by atomic mass is 10.1. The van der Waals surface area contributed by atoms with E-state index in [0.717, 1.165) is 6.07 Å². The van der Waals surface area contributed by atoms with Crippen molar-refractivity contribution in [3.05, 3.63) is 35.6 Å². The molecule has 25 heavy (non-hydrogen) atoms. The number of rotatable bonds is 4. The predicted molar refractivity (Wildman–Crippen MR) is 87.7 cm³/mol. The van der Waals surface area contributed by atoms with Crippen LogP contribution in [-0.4, -0.2) is 47.5 Å². The van der Waals surface area contributed by atoms with Gasteiger partial charge in [-0.25, -0.2) is 14.0 Å². The summed E-state index contributed by atoms with van der Waals surface area (Å²) in [6.45, 7) is 5.12. The van der Waals surface area contributed by atoms with E-state index >= 15 is 0 Å². The second-order valence-electron chi connectivity index (χ2n) is 6.87. The zero-order valence-corrected chi connectivity index (χ0v) is 14.6. The maximum absolute atomic E-state index is 13.1. The van der Waals surface area contributed by atoms with E-state index in [1.807, 2.05) is 0 Å². The molecular formula is C18H22FNO5. The van der Waals surface area contributed by atoms with Crippen molar-refractivity contribution < 1.29 is 28.2 Å². The van der Waals surface area contributed by atoms with E-state index in [1.54, 1.807) is 20.8 Å². The van der Waals surface area contributed by atoms with Crippen LogP contribution in [0.25, 0.3) is 0 Å². The Hall–Kier alpha value is -2.44. The van der Waals surface area contributed by atoms with E-state index in [-0.39, 0.29) is 5.56 Å². The van der Waals surface area contributed by atoms with Gasteiger partial charge in [-0.1, -0.05) is 12.1 Å². The van der Waals surface area contributed by atoms with E-state index in [9.17, 15) is 18.8 Å². The number of nitrogens with zero attached hydrogens (tertiary/aromatic N) is 1. The van der Waals surface area contributed by atoms with Gasteiger partial charge in [0.05, 0.1) is 0 Å². The fourth-order valence-corrected chi connectivity index (χ4v) is 2.53. The monoisotopic (exact) mass is 351 g/mol. The van der Waals surface area contributed by atoms with E-state index in [4.69, 9.17) is 9.47 Å². The Morgan fingerprint density at radius 2 is 2.00 bits per heavy atom. The molecule has 0 spiro atoms. The van der Waals surface area contributed by atoms with E-state index in [2.05, 4.69) is 0 Å². The summed E-state index contributed by atoms with van der Waals surface area (Å²) >= 11 is 0. The highest BCUT2D eigenvalue weighted by Gasteiger charge is 2.37. The molecule has 0 radical (unpaired) electrons. The van der Waals surface area contributed by atoms with E-state index in [0.29, 0.717) is 19.4 Å². The van der Waals surface area contributed by atoms with E-state index in [1.165, 1.54) is 23.1 Å². The number of likely N-dealkylation sites (tertiary alicyclic amines) is 1. The summed E-state index contributed by atoms with van der Waals surface area (Å²) in [5, 5.41) is 0. The van der Waals surface area contributed by atoms with Gasteiger partial charge in [0, 0.05) is 12.1 Å². The van der Waals surface area contributed by atoms with Gasteiger partial charge in [-0.05, 0) is 45.7 Å². The normalized spacial score (nSPS) is 17.3. The van der Waals surface area contributed by atoms with Crippen LogP contribution in [0.4, 0.5) is 9.18 Å². The standard InChI is InChI=1S/C18H22FNO5/c1-18(2,3)25-17(23)20-9-5-8-14(20)16(22)24-11-15(21)12-6-4-7-13(19)10-12/h4,6-7,10,14H,5,8-9,11H2,1-3H3/t14-/m0/s1. The van der Waals surface area contributed by atoms with Gasteiger partial charge in [-0.2, -0.15) is 0 Å². The molecule has 1 aliphatic rings. The SMILES string of the molecule is CC(C)(C)OC(=O)N1CCC[C@H]1C(=O)OCC(=O)c1cccc(F)c1. The molecule has 1 saturated heterocycles. The van der Waals surface area contributed by atoms with Crippen LogP contribution in [-0.2, 0) is 14.3 Å². The molecule has 1 heterocycles. The molecule has 0 aliphatic carbocycles. The number of ether oxygens (including phenoxy) is 2. The van der Waals surface area contributed by atoms with Gasteiger partial charge in [-0.15, -0.1) is 0 Å². The van der Waals surface area contributed by atoms with Crippen molar-refractivity contribution in [2.45, 2.75) is 45.3 Å². The molecule has 1 aromatic rings. The molecule has 1 fully saturated rings. The molecular weight excluding hydrogens is 329 g/mol. The first-order valence-corrected chi connectivity index (χ1v) is 8.12. The number of carbonyl (C=O) groups is 3. The molecule has 1 atom stereocenters. The third-order valence-electron chi connectivity index (χ3n) is 3.64. The van der Waals surface area contributed by atoms with Gasteiger partial charge in [0.15, 0.2) is 12.4 Å². The minimum Gasteiger partial charge on any atom is -0.456 e. The molecule has 7 heteroatoms. The van der Waals surface area contributed by atoms with Crippen LogP contribution in [0.5, 0.6) is 0 Å². The van der Waals surface area contributed by atoms with Crippen molar-refractivity contribution in [3.8, 4) is 0 Å². The molecule has 0 aromatic heterocycles. The molecule has 0 bridgehead atoms. The molecule has 0 unspecified atom stereocenters. The van der Waals surface area contributed by atoms with Gasteiger partial charge in [-0.3, -0.25) is 9.69 Å². The average molecular weight is 351 g/mol. The van der Waals surface area contributed by atoms with Gasteiger partial charge in [0.1, 0.15) is 17.5 Å². The topological polar surface area (TPSA) is 72.9 Å². The number of hydrogen-bond acceptors (Lipinski definition) is 5. The van der Waals surface area contributed by atoms with Crippen molar-refractivity contribution in [1.29, 1.82) is 0 Å². The van der Waals surface area contributed by atoms with Crippen LogP contribution in [0.2, 0.25) is 0 Å². The van der Waals surface area contributed by atoms with Gasteiger partial charge in [0.2, 0.25) is 0 Å². The number of benzene rings is 1. The molecule has 136 valence electrons. The van der Waals surface area contributed by atoms with Crippen LogP contribution in [0.15, 0.2) is 24.3 Å². The minimum absolute atomic E-state index is 0.128. The summed E-state index contributed by atoms with van der Waals surface area (Å²) in [6.07, 6.45) is 0.520. The third-order valence-corrected chi connectivity index (χ3v) is 3.64. The van der Waals surface area contributed by atoms with Crippen molar-refractivity contribution in [3.63, 3.8) is 0 Å². The summed E-state index contributed by atoms with van der Waals surface area (Å²) in [6, 6.07) is 4.39. The van der Waals surface area contributed by atoms with Crippen LogP contribution in [0.3, 0.4) is 0 Å². The highest BCUT2D eigenvalue weighted by molar-refractivity contribution is 5.98. The summed E-state index contributed by atoms with van der Waals surface area (Å²) in [5.41, 5.74) is -0.537. The Morgan fingerprint density at radius 1 is 1.28 bits per heavy atom. The maximum Gasteiger partial charge on any atom is 0.411 e. The molecule has 1 aliphatic heterocycles. The van der Waals surface area contributed by atoms with E-state index < -0.39 is 41.9 Å². The number of Topliss-reactive ketones (excluding diaryl/α,β-unsaturated/α-hetero) is 1. The zero-order valence-electron chi connectivity index (χ0n) is 14.6. The Balaban J connectivity index is 1.93. The Kier molecular flexibility index (Phi) is 5.77. The fraction of sp³-hybridized carbons (Fsp3) is 0.500. The van der Waals surface area contributed by atoms with Crippen molar-refractivity contribution in [1.82, 2.24) is 4.90 Å². The second-order valence-corrected chi connectivity index (χ2v) is 6.87. The zero-order chi connectivity index (χ0) is 18.6.